The number of anilines is 1. The summed E-state index contributed by atoms with van der Waals surface area (Å²) in [6.45, 7) is 1.85. The van der Waals surface area contributed by atoms with Gasteiger partial charge >= 0.3 is 0 Å². The van der Waals surface area contributed by atoms with E-state index < -0.39 is 17.7 Å². The second kappa shape index (κ2) is 7.69. The first kappa shape index (κ1) is 19.7. The van der Waals surface area contributed by atoms with Gasteiger partial charge in [-0.3, -0.25) is 14.5 Å². The number of aromatic hydroxyl groups is 1. The maximum absolute atomic E-state index is 13.1. The Bertz CT molecular complexity index is 1180. The van der Waals surface area contributed by atoms with Crippen LogP contribution in [0, 0.1) is 6.92 Å². The van der Waals surface area contributed by atoms with E-state index >= 15 is 0 Å². The van der Waals surface area contributed by atoms with Gasteiger partial charge in [-0.15, -0.1) is 0 Å². The number of Topliss-reactive ketones (excluding diaryl/α,β-unsaturated/α-hetero) is 1. The molecule has 1 amide bonds. The van der Waals surface area contributed by atoms with E-state index in [0.717, 1.165) is 5.56 Å². The molecule has 150 valence electrons. The van der Waals surface area contributed by atoms with Gasteiger partial charge in [-0.05, 0) is 48.4 Å². The monoisotopic (exact) mass is 419 g/mol. The van der Waals surface area contributed by atoms with Crippen molar-refractivity contribution in [3.8, 4) is 5.75 Å². The van der Waals surface area contributed by atoms with E-state index in [9.17, 15) is 19.8 Å². The van der Waals surface area contributed by atoms with Gasteiger partial charge in [0, 0.05) is 16.3 Å². The molecule has 1 atom stereocenters. The summed E-state index contributed by atoms with van der Waals surface area (Å²) in [5.41, 5.74) is 2.28. The van der Waals surface area contributed by atoms with Crippen molar-refractivity contribution in [1.82, 2.24) is 0 Å². The number of hydrogen-bond acceptors (Lipinski definition) is 4. The molecular weight excluding hydrogens is 402 g/mol. The highest BCUT2D eigenvalue weighted by Crippen LogP contribution is 2.43. The van der Waals surface area contributed by atoms with Crippen molar-refractivity contribution < 1.29 is 19.8 Å². The summed E-state index contributed by atoms with van der Waals surface area (Å²) in [4.78, 5) is 27.5. The van der Waals surface area contributed by atoms with Crippen molar-refractivity contribution in [3.05, 3.63) is 100 Å². The largest absolute Gasteiger partial charge is 0.508 e. The summed E-state index contributed by atoms with van der Waals surface area (Å²) in [5, 5.41) is 21.1. The van der Waals surface area contributed by atoms with Crippen LogP contribution in [0.2, 0.25) is 5.02 Å². The highest BCUT2D eigenvalue weighted by Gasteiger charge is 2.47. The fraction of sp³-hybridized carbons (Fsp3) is 0.0833. The van der Waals surface area contributed by atoms with Gasteiger partial charge in [0.1, 0.15) is 11.5 Å². The molecule has 1 fully saturated rings. The van der Waals surface area contributed by atoms with Gasteiger partial charge in [-0.1, -0.05) is 54.1 Å². The first-order valence-electron chi connectivity index (χ1n) is 9.30. The van der Waals surface area contributed by atoms with E-state index in [4.69, 9.17) is 11.6 Å². The topological polar surface area (TPSA) is 77.8 Å². The maximum atomic E-state index is 13.1. The van der Waals surface area contributed by atoms with E-state index in [1.54, 1.807) is 42.5 Å². The zero-order valence-corrected chi connectivity index (χ0v) is 16.8. The highest BCUT2D eigenvalue weighted by molar-refractivity contribution is 6.51. The lowest BCUT2D eigenvalue weighted by atomic mass is 9.95. The van der Waals surface area contributed by atoms with E-state index in [2.05, 4.69) is 0 Å². The van der Waals surface area contributed by atoms with E-state index in [1.165, 1.54) is 23.1 Å². The van der Waals surface area contributed by atoms with Crippen LogP contribution in [0.3, 0.4) is 0 Å². The number of nitrogens with zero attached hydrogens (tertiary/aromatic N) is 1. The number of halogens is 1. The lowest BCUT2D eigenvalue weighted by Gasteiger charge is -2.26. The Morgan fingerprint density at radius 3 is 2.33 bits per heavy atom. The highest BCUT2D eigenvalue weighted by atomic mass is 35.5. The number of phenolic OH excluding ortho intramolecular Hbond substituents is 1. The first-order valence-corrected chi connectivity index (χ1v) is 9.68. The number of benzene rings is 3. The molecule has 30 heavy (non-hydrogen) atoms. The van der Waals surface area contributed by atoms with Crippen LogP contribution in [0.4, 0.5) is 5.69 Å². The third-order valence-electron chi connectivity index (χ3n) is 5.13. The number of carbonyl (C=O) groups is 2. The van der Waals surface area contributed by atoms with Gasteiger partial charge < -0.3 is 10.2 Å². The van der Waals surface area contributed by atoms with Gasteiger partial charge in [-0.2, -0.15) is 0 Å². The fourth-order valence-corrected chi connectivity index (χ4v) is 3.87. The Balaban J connectivity index is 1.98. The van der Waals surface area contributed by atoms with Crippen molar-refractivity contribution >= 4 is 34.7 Å². The number of hydrogen-bond donors (Lipinski definition) is 2. The number of para-hydroxylation sites is 1. The molecule has 6 heteroatoms. The second-order valence-electron chi connectivity index (χ2n) is 7.06. The Hall–Kier alpha value is -3.57. The molecule has 1 aliphatic heterocycles. The Kier molecular flexibility index (Phi) is 5.06. The Morgan fingerprint density at radius 1 is 0.967 bits per heavy atom. The van der Waals surface area contributed by atoms with Crippen molar-refractivity contribution in [2.45, 2.75) is 13.0 Å². The second-order valence-corrected chi connectivity index (χ2v) is 7.49. The maximum Gasteiger partial charge on any atom is 0.300 e. The van der Waals surface area contributed by atoms with Crippen LogP contribution >= 0.6 is 11.6 Å². The molecule has 0 aliphatic carbocycles. The van der Waals surface area contributed by atoms with Gasteiger partial charge in [0.05, 0.1) is 11.6 Å². The number of ketones is 1. The third kappa shape index (κ3) is 3.33. The van der Waals surface area contributed by atoms with Gasteiger partial charge in [-0.25, -0.2) is 0 Å². The summed E-state index contributed by atoms with van der Waals surface area (Å²) < 4.78 is 0. The molecule has 3 aromatic carbocycles. The summed E-state index contributed by atoms with van der Waals surface area (Å²) >= 11 is 6.05. The molecule has 3 aromatic rings. The predicted molar refractivity (Wildman–Crippen MR) is 116 cm³/mol. The lowest BCUT2D eigenvalue weighted by molar-refractivity contribution is -0.132. The van der Waals surface area contributed by atoms with Crippen molar-refractivity contribution in [2.24, 2.45) is 0 Å². The van der Waals surface area contributed by atoms with Crippen LogP contribution < -0.4 is 4.90 Å². The molecular formula is C24H18ClNO4. The number of aliphatic hydroxyl groups excluding tert-OH is 1. The summed E-state index contributed by atoms with van der Waals surface area (Å²) in [5.74, 6) is -1.76. The Morgan fingerprint density at radius 2 is 1.67 bits per heavy atom. The smallest absolute Gasteiger partial charge is 0.300 e. The molecule has 1 unspecified atom stereocenters. The summed E-state index contributed by atoms with van der Waals surface area (Å²) in [6.07, 6.45) is 0. The first-order chi connectivity index (χ1) is 14.4. The minimum atomic E-state index is -0.856. The van der Waals surface area contributed by atoms with Gasteiger partial charge in [0.15, 0.2) is 0 Å². The zero-order valence-electron chi connectivity index (χ0n) is 16.0. The van der Waals surface area contributed by atoms with Gasteiger partial charge in [0.25, 0.3) is 11.7 Å². The van der Waals surface area contributed by atoms with Crippen LogP contribution in [-0.4, -0.2) is 21.9 Å². The van der Waals surface area contributed by atoms with Crippen LogP contribution in [0.5, 0.6) is 5.75 Å². The molecule has 1 saturated heterocycles. The van der Waals surface area contributed by atoms with Crippen LogP contribution in [-0.2, 0) is 9.59 Å². The molecule has 0 saturated carbocycles. The number of amides is 1. The van der Waals surface area contributed by atoms with Crippen molar-refractivity contribution in [1.29, 1.82) is 0 Å². The molecule has 0 radical (unpaired) electrons. The lowest BCUT2D eigenvalue weighted by Crippen LogP contribution is -2.30. The standard InChI is InChI=1S/C24H18ClNO4/c1-14-5-2-3-8-19(14)26-21(15-9-11-18(27)12-10-15)20(23(29)24(26)30)22(28)16-6-4-7-17(25)13-16/h2-13,21,27-28H,1H3/b22-20-. The number of rotatable bonds is 3. The average molecular weight is 420 g/mol. The van der Waals surface area contributed by atoms with Crippen molar-refractivity contribution in [3.63, 3.8) is 0 Å². The van der Waals surface area contributed by atoms with Crippen molar-refractivity contribution in [2.75, 3.05) is 4.90 Å². The number of aliphatic hydroxyl groups is 1. The zero-order chi connectivity index (χ0) is 21.4. The quantitative estimate of drug-likeness (QED) is 0.356. The molecule has 2 N–H and O–H groups in total. The number of aryl methyl sites for hydroxylation is 1. The minimum absolute atomic E-state index is 0.0313. The molecule has 1 aliphatic rings. The average Bonchev–Trinajstić information content (AvgIpc) is 2.99. The molecule has 5 nitrogen and oxygen atoms in total. The van der Waals surface area contributed by atoms with Gasteiger partial charge in [0.2, 0.25) is 0 Å². The summed E-state index contributed by atoms with van der Waals surface area (Å²) in [7, 11) is 0. The normalized spacial score (nSPS) is 18.1. The van der Waals surface area contributed by atoms with E-state index in [1.807, 2.05) is 19.1 Å². The minimum Gasteiger partial charge on any atom is -0.508 e. The van der Waals surface area contributed by atoms with Crippen LogP contribution in [0.1, 0.15) is 22.7 Å². The van der Waals surface area contributed by atoms with Crippen LogP contribution in [0.15, 0.2) is 78.4 Å². The SMILES string of the molecule is Cc1ccccc1N1C(=O)C(=O)/C(=C(\O)c2cccc(Cl)c2)C1c1ccc(O)cc1. The number of phenols is 1. The molecule has 4 rings (SSSR count). The predicted octanol–water partition coefficient (Wildman–Crippen LogP) is 4.98. The third-order valence-corrected chi connectivity index (χ3v) is 5.36. The van der Waals surface area contributed by atoms with E-state index in [-0.39, 0.29) is 17.1 Å². The molecule has 0 spiro atoms. The molecule has 1 heterocycles. The molecule has 0 bridgehead atoms. The molecule has 0 aromatic heterocycles. The summed E-state index contributed by atoms with van der Waals surface area (Å²) in [6, 6.07) is 19.1. The van der Waals surface area contributed by atoms with E-state index in [0.29, 0.717) is 21.8 Å². The fourth-order valence-electron chi connectivity index (χ4n) is 3.68. The van der Waals surface area contributed by atoms with Crippen LogP contribution in [0.25, 0.3) is 5.76 Å². The number of carbonyl (C=O) groups excluding carboxylic acids is 2. The Labute approximate surface area is 178 Å².